The first-order valence-electron chi connectivity index (χ1n) is 4.14. The second kappa shape index (κ2) is 3.89. The summed E-state index contributed by atoms with van der Waals surface area (Å²) in [7, 11) is 0. The maximum Gasteiger partial charge on any atom is 0.222 e. The molecule has 0 saturated carbocycles. The SMILES string of the molecule is C=C/C(=C\n1ncnc1N)C(C)C. The van der Waals surface area contributed by atoms with Crippen LogP contribution in [0.2, 0.25) is 0 Å². The molecule has 0 aliphatic carbocycles. The lowest BCUT2D eigenvalue weighted by Crippen LogP contribution is -2.00. The zero-order valence-electron chi connectivity index (χ0n) is 7.94. The molecule has 0 fully saturated rings. The minimum absolute atomic E-state index is 0.389. The lowest BCUT2D eigenvalue weighted by Gasteiger charge is -2.05. The van der Waals surface area contributed by atoms with Crippen molar-refractivity contribution in [1.29, 1.82) is 0 Å². The van der Waals surface area contributed by atoms with E-state index in [1.54, 1.807) is 6.08 Å². The van der Waals surface area contributed by atoms with Crippen molar-refractivity contribution in [3.05, 3.63) is 24.6 Å². The number of nitrogens with two attached hydrogens (primary N) is 1. The molecular weight excluding hydrogens is 164 g/mol. The highest BCUT2D eigenvalue weighted by atomic mass is 15.4. The maximum atomic E-state index is 5.55. The Morgan fingerprint density at radius 1 is 1.69 bits per heavy atom. The van der Waals surface area contributed by atoms with E-state index in [1.165, 1.54) is 11.0 Å². The molecule has 13 heavy (non-hydrogen) atoms. The minimum atomic E-state index is 0.389. The molecular formula is C9H14N4. The summed E-state index contributed by atoms with van der Waals surface area (Å²) in [6.45, 7) is 7.89. The number of rotatable bonds is 3. The summed E-state index contributed by atoms with van der Waals surface area (Å²) in [5, 5.41) is 3.94. The van der Waals surface area contributed by atoms with Crippen LogP contribution in [0.4, 0.5) is 5.95 Å². The summed E-state index contributed by atoms with van der Waals surface area (Å²) in [4.78, 5) is 3.81. The van der Waals surface area contributed by atoms with E-state index in [0.717, 1.165) is 5.57 Å². The predicted octanol–water partition coefficient (Wildman–Crippen LogP) is 1.54. The summed E-state index contributed by atoms with van der Waals surface area (Å²) in [6.07, 6.45) is 5.05. The fraction of sp³-hybridized carbons (Fsp3) is 0.333. The molecule has 0 amide bonds. The Labute approximate surface area is 77.8 Å². The molecule has 0 radical (unpaired) electrons. The lowest BCUT2D eigenvalue weighted by atomic mass is 10.1. The average molecular weight is 178 g/mol. The van der Waals surface area contributed by atoms with E-state index < -0.39 is 0 Å². The van der Waals surface area contributed by atoms with Crippen LogP contribution in [0.1, 0.15) is 13.8 Å². The summed E-state index contributed by atoms with van der Waals surface area (Å²) in [5.74, 6) is 0.793. The van der Waals surface area contributed by atoms with Crippen molar-refractivity contribution in [1.82, 2.24) is 14.8 Å². The van der Waals surface area contributed by atoms with E-state index in [2.05, 4.69) is 30.5 Å². The Morgan fingerprint density at radius 2 is 2.38 bits per heavy atom. The van der Waals surface area contributed by atoms with Gasteiger partial charge in [-0.2, -0.15) is 10.1 Å². The van der Waals surface area contributed by atoms with Gasteiger partial charge in [-0.1, -0.05) is 26.5 Å². The molecule has 0 bridgehead atoms. The maximum absolute atomic E-state index is 5.55. The Hall–Kier alpha value is -1.58. The molecule has 0 unspecified atom stereocenters. The highest BCUT2D eigenvalue weighted by Crippen LogP contribution is 2.12. The van der Waals surface area contributed by atoms with Gasteiger partial charge < -0.3 is 5.73 Å². The summed E-state index contributed by atoms with van der Waals surface area (Å²) >= 11 is 0. The van der Waals surface area contributed by atoms with Crippen LogP contribution in [0.5, 0.6) is 0 Å². The van der Waals surface area contributed by atoms with Crippen LogP contribution in [0.25, 0.3) is 6.20 Å². The number of aromatic nitrogens is 3. The van der Waals surface area contributed by atoms with E-state index in [1.807, 2.05) is 6.20 Å². The Balaban J connectivity index is 2.98. The fourth-order valence-electron chi connectivity index (χ4n) is 0.937. The predicted molar refractivity (Wildman–Crippen MR) is 53.7 cm³/mol. The molecule has 0 aliphatic rings. The van der Waals surface area contributed by atoms with Gasteiger partial charge >= 0.3 is 0 Å². The number of anilines is 1. The Kier molecular flexibility index (Phi) is 2.84. The van der Waals surface area contributed by atoms with Gasteiger partial charge in [-0.3, -0.25) is 0 Å². The summed E-state index contributed by atoms with van der Waals surface area (Å²) < 4.78 is 1.54. The third-order valence-electron chi connectivity index (χ3n) is 1.77. The molecule has 0 atom stereocenters. The van der Waals surface area contributed by atoms with Crippen LogP contribution in [0, 0.1) is 5.92 Å². The topological polar surface area (TPSA) is 56.7 Å². The lowest BCUT2D eigenvalue weighted by molar-refractivity contribution is 0.786. The molecule has 4 nitrogen and oxygen atoms in total. The number of allylic oxidation sites excluding steroid dienone is 2. The quantitative estimate of drug-likeness (QED) is 0.714. The molecule has 1 aromatic heterocycles. The number of hydrogen-bond donors (Lipinski definition) is 1. The van der Waals surface area contributed by atoms with Gasteiger partial charge in [0.1, 0.15) is 6.33 Å². The van der Waals surface area contributed by atoms with Gasteiger partial charge in [-0.25, -0.2) is 4.68 Å². The molecule has 0 saturated heterocycles. The van der Waals surface area contributed by atoms with Crippen molar-refractivity contribution in [3.8, 4) is 0 Å². The van der Waals surface area contributed by atoms with Crippen LogP contribution in [-0.2, 0) is 0 Å². The van der Waals surface area contributed by atoms with Crippen molar-refractivity contribution in [2.45, 2.75) is 13.8 Å². The molecule has 1 heterocycles. The van der Waals surface area contributed by atoms with Crippen LogP contribution >= 0.6 is 0 Å². The molecule has 1 rings (SSSR count). The van der Waals surface area contributed by atoms with E-state index >= 15 is 0 Å². The van der Waals surface area contributed by atoms with Crippen LogP contribution < -0.4 is 5.73 Å². The number of nitrogens with zero attached hydrogens (tertiary/aromatic N) is 3. The first kappa shape index (κ1) is 9.51. The van der Waals surface area contributed by atoms with E-state index in [0.29, 0.717) is 11.9 Å². The Bertz CT molecular complexity index is 322. The van der Waals surface area contributed by atoms with Gasteiger partial charge in [0, 0.05) is 6.20 Å². The third kappa shape index (κ3) is 2.18. The molecule has 0 aliphatic heterocycles. The van der Waals surface area contributed by atoms with Crippen molar-refractivity contribution in [2.24, 2.45) is 5.92 Å². The van der Waals surface area contributed by atoms with Crippen LogP contribution in [0.3, 0.4) is 0 Å². The molecule has 1 aromatic rings. The van der Waals surface area contributed by atoms with Crippen LogP contribution in [0.15, 0.2) is 24.6 Å². The highest BCUT2D eigenvalue weighted by Gasteiger charge is 2.01. The standard InChI is InChI=1S/C9H14N4/c1-4-8(7(2)3)5-13-9(10)11-6-12-13/h4-7H,1H2,2-3H3,(H2,10,11,12)/b8-5+. The first-order valence-corrected chi connectivity index (χ1v) is 4.14. The van der Waals surface area contributed by atoms with E-state index in [9.17, 15) is 0 Å². The average Bonchev–Trinajstić information content (AvgIpc) is 2.46. The fourth-order valence-corrected chi connectivity index (χ4v) is 0.937. The zero-order chi connectivity index (χ0) is 9.84. The summed E-state index contributed by atoms with van der Waals surface area (Å²) in [5.41, 5.74) is 6.63. The van der Waals surface area contributed by atoms with Crippen molar-refractivity contribution in [3.63, 3.8) is 0 Å². The van der Waals surface area contributed by atoms with Crippen molar-refractivity contribution in [2.75, 3.05) is 5.73 Å². The van der Waals surface area contributed by atoms with Crippen LogP contribution in [-0.4, -0.2) is 14.8 Å². The first-order chi connectivity index (χ1) is 6.15. The molecule has 4 heteroatoms. The normalized spacial score (nSPS) is 12.1. The minimum Gasteiger partial charge on any atom is -0.368 e. The molecule has 0 aromatic carbocycles. The smallest absolute Gasteiger partial charge is 0.222 e. The van der Waals surface area contributed by atoms with Crippen molar-refractivity contribution >= 4 is 12.1 Å². The molecule has 2 N–H and O–H groups in total. The monoisotopic (exact) mass is 178 g/mol. The largest absolute Gasteiger partial charge is 0.368 e. The van der Waals surface area contributed by atoms with Gasteiger partial charge in [-0.15, -0.1) is 0 Å². The highest BCUT2D eigenvalue weighted by molar-refractivity contribution is 5.41. The second-order valence-electron chi connectivity index (χ2n) is 3.05. The van der Waals surface area contributed by atoms with E-state index in [-0.39, 0.29) is 0 Å². The summed E-state index contributed by atoms with van der Waals surface area (Å²) in [6, 6.07) is 0. The third-order valence-corrected chi connectivity index (χ3v) is 1.77. The van der Waals surface area contributed by atoms with Gasteiger partial charge in [0.2, 0.25) is 5.95 Å². The van der Waals surface area contributed by atoms with E-state index in [4.69, 9.17) is 5.73 Å². The van der Waals surface area contributed by atoms with Crippen molar-refractivity contribution < 1.29 is 0 Å². The number of hydrogen-bond acceptors (Lipinski definition) is 3. The van der Waals surface area contributed by atoms with Gasteiger partial charge in [0.15, 0.2) is 0 Å². The van der Waals surface area contributed by atoms with Gasteiger partial charge in [-0.05, 0) is 11.5 Å². The number of nitrogen functional groups attached to an aromatic ring is 1. The van der Waals surface area contributed by atoms with Gasteiger partial charge in [0.05, 0.1) is 0 Å². The second-order valence-corrected chi connectivity index (χ2v) is 3.05. The molecule has 0 spiro atoms. The van der Waals surface area contributed by atoms with Gasteiger partial charge in [0.25, 0.3) is 0 Å². The Morgan fingerprint density at radius 3 is 2.77 bits per heavy atom. The molecule has 70 valence electrons. The zero-order valence-corrected chi connectivity index (χ0v) is 7.94.